The summed E-state index contributed by atoms with van der Waals surface area (Å²) in [5, 5.41) is 13.8. The number of carbonyl (C=O) groups excluding carboxylic acids is 1. The van der Waals surface area contributed by atoms with Crippen molar-refractivity contribution >= 4 is 40.5 Å². The van der Waals surface area contributed by atoms with Gasteiger partial charge in [0.1, 0.15) is 6.04 Å². The maximum absolute atomic E-state index is 11.8. The van der Waals surface area contributed by atoms with E-state index in [9.17, 15) is 14.9 Å². The molecule has 0 aliphatic carbocycles. The Kier molecular flexibility index (Phi) is 6.23. The van der Waals surface area contributed by atoms with Crippen molar-refractivity contribution in [2.45, 2.75) is 26.3 Å². The Balaban J connectivity index is 3.09. The zero-order chi connectivity index (χ0) is 16.2. The zero-order valence-electron chi connectivity index (χ0n) is 11.9. The molecule has 1 N–H and O–H groups in total. The first-order valence-electron chi connectivity index (χ1n) is 6.24. The molecule has 0 fully saturated rings. The molecule has 0 spiro atoms. The molecule has 8 heteroatoms. The number of esters is 1. The van der Waals surface area contributed by atoms with E-state index in [0.717, 1.165) is 0 Å². The Bertz CT molecular complexity index is 526. The van der Waals surface area contributed by atoms with Gasteiger partial charge >= 0.3 is 5.97 Å². The van der Waals surface area contributed by atoms with Crippen LogP contribution >= 0.6 is 23.2 Å². The summed E-state index contributed by atoms with van der Waals surface area (Å²) in [6, 6.07) is 1.73. The number of anilines is 1. The number of hydrogen-bond donors (Lipinski definition) is 1. The number of rotatable bonds is 6. The second-order valence-electron chi connectivity index (χ2n) is 4.89. The molecule has 0 radical (unpaired) electrons. The van der Waals surface area contributed by atoms with Crippen LogP contribution in [0.15, 0.2) is 12.1 Å². The summed E-state index contributed by atoms with van der Waals surface area (Å²) in [7, 11) is 1.29. The fourth-order valence-corrected chi connectivity index (χ4v) is 2.39. The molecular formula is C13H16Cl2N2O4. The zero-order valence-corrected chi connectivity index (χ0v) is 13.4. The first kappa shape index (κ1) is 17.5. The van der Waals surface area contributed by atoms with E-state index < -0.39 is 16.9 Å². The minimum Gasteiger partial charge on any atom is -0.467 e. The normalized spacial score (nSPS) is 12.1. The summed E-state index contributed by atoms with van der Waals surface area (Å²) < 4.78 is 4.73. The van der Waals surface area contributed by atoms with Crippen molar-refractivity contribution in [1.82, 2.24) is 0 Å². The predicted molar refractivity (Wildman–Crippen MR) is 82.0 cm³/mol. The molecule has 0 aromatic heterocycles. The van der Waals surface area contributed by atoms with Crippen LogP contribution in [0, 0.1) is 16.0 Å². The highest BCUT2D eigenvalue weighted by molar-refractivity contribution is 6.39. The molecule has 6 nitrogen and oxygen atoms in total. The third-order valence-electron chi connectivity index (χ3n) is 2.75. The molecule has 0 aliphatic rings. The van der Waals surface area contributed by atoms with E-state index in [1.54, 1.807) is 0 Å². The third kappa shape index (κ3) is 4.75. The molecule has 116 valence electrons. The maximum atomic E-state index is 11.8. The smallest absolute Gasteiger partial charge is 0.328 e. The monoisotopic (exact) mass is 334 g/mol. The van der Waals surface area contributed by atoms with Gasteiger partial charge in [-0.15, -0.1) is 0 Å². The summed E-state index contributed by atoms with van der Waals surface area (Å²) in [6.45, 7) is 3.91. The first-order chi connectivity index (χ1) is 9.76. The number of nitro groups is 1. The molecule has 0 heterocycles. The predicted octanol–water partition coefficient (Wildman–Crippen LogP) is 3.90. The summed E-state index contributed by atoms with van der Waals surface area (Å²) >= 11 is 12.0. The number of nitrogens with one attached hydrogen (secondary N) is 1. The van der Waals surface area contributed by atoms with Crippen LogP contribution in [0.1, 0.15) is 20.3 Å². The van der Waals surface area contributed by atoms with Crippen molar-refractivity contribution < 1.29 is 14.5 Å². The lowest BCUT2D eigenvalue weighted by atomic mass is 10.0. The van der Waals surface area contributed by atoms with E-state index in [-0.39, 0.29) is 27.3 Å². The summed E-state index contributed by atoms with van der Waals surface area (Å²) in [5.41, 5.74) is 0.0639. The fourth-order valence-electron chi connectivity index (χ4n) is 1.81. The summed E-state index contributed by atoms with van der Waals surface area (Å²) in [4.78, 5) is 21.9. The van der Waals surface area contributed by atoms with Crippen LogP contribution in [0.3, 0.4) is 0 Å². The standard InChI is InChI=1S/C13H16Cl2N2O4/c1-7(2)4-11(13(18)21-3)16-12-9(14)5-8(17(19)20)6-10(12)15/h5-7,11,16H,4H2,1-3H3. The van der Waals surface area contributed by atoms with Gasteiger partial charge in [0.25, 0.3) is 5.69 Å². The van der Waals surface area contributed by atoms with Gasteiger partial charge in [-0.05, 0) is 12.3 Å². The van der Waals surface area contributed by atoms with Gasteiger partial charge in [0.15, 0.2) is 0 Å². The highest BCUT2D eigenvalue weighted by Crippen LogP contribution is 2.35. The molecule has 21 heavy (non-hydrogen) atoms. The van der Waals surface area contributed by atoms with Crippen molar-refractivity contribution in [3.63, 3.8) is 0 Å². The second-order valence-corrected chi connectivity index (χ2v) is 5.71. The number of nitrogens with zero attached hydrogens (tertiary/aromatic N) is 1. The molecule has 1 unspecified atom stereocenters. The molecule has 0 aliphatic heterocycles. The molecule has 1 rings (SSSR count). The van der Waals surface area contributed by atoms with Crippen LogP contribution in [-0.2, 0) is 9.53 Å². The molecule has 0 saturated carbocycles. The second kappa shape index (κ2) is 7.47. The van der Waals surface area contributed by atoms with Crippen molar-refractivity contribution in [2.24, 2.45) is 5.92 Å². The van der Waals surface area contributed by atoms with Gasteiger partial charge in [0, 0.05) is 12.1 Å². The van der Waals surface area contributed by atoms with Gasteiger partial charge < -0.3 is 10.1 Å². The van der Waals surface area contributed by atoms with E-state index in [4.69, 9.17) is 27.9 Å². The fraction of sp³-hybridized carbons (Fsp3) is 0.462. The largest absolute Gasteiger partial charge is 0.467 e. The molecule has 0 amide bonds. The Morgan fingerprint density at radius 2 is 1.90 bits per heavy atom. The SMILES string of the molecule is COC(=O)C(CC(C)C)Nc1c(Cl)cc([N+](=O)[O-])cc1Cl. The lowest BCUT2D eigenvalue weighted by molar-refractivity contribution is -0.384. The van der Waals surface area contributed by atoms with Crippen LogP contribution < -0.4 is 5.32 Å². The van der Waals surface area contributed by atoms with Gasteiger partial charge in [0.2, 0.25) is 0 Å². The summed E-state index contributed by atoms with van der Waals surface area (Å²) in [6.07, 6.45) is 0.510. The molecule has 1 aromatic carbocycles. The van der Waals surface area contributed by atoms with Crippen LogP contribution in [0.25, 0.3) is 0 Å². The molecule has 0 saturated heterocycles. The molecular weight excluding hydrogens is 319 g/mol. The van der Waals surface area contributed by atoms with Crippen LogP contribution in [0.5, 0.6) is 0 Å². The first-order valence-corrected chi connectivity index (χ1v) is 6.99. The van der Waals surface area contributed by atoms with Gasteiger partial charge in [-0.25, -0.2) is 4.79 Å². The van der Waals surface area contributed by atoms with Crippen LogP contribution in [0.4, 0.5) is 11.4 Å². The van der Waals surface area contributed by atoms with E-state index in [1.807, 2.05) is 13.8 Å². The Morgan fingerprint density at radius 1 is 1.38 bits per heavy atom. The van der Waals surface area contributed by atoms with Gasteiger partial charge in [-0.3, -0.25) is 10.1 Å². The molecule has 1 atom stereocenters. The third-order valence-corrected chi connectivity index (χ3v) is 3.35. The van der Waals surface area contributed by atoms with Gasteiger partial charge in [-0.1, -0.05) is 37.0 Å². The number of nitro benzene ring substituents is 1. The van der Waals surface area contributed by atoms with Crippen LogP contribution in [-0.4, -0.2) is 24.0 Å². The van der Waals surface area contributed by atoms with E-state index >= 15 is 0 Å². The number of methoxy groups -OCH3 is 1. The number of carbonyl (C=O) groups is 1. The lowest BCUT2D eigenvalue weighted by Crippen LogP contribution is -2.32. The molecule has 0 bridgehead atoms. The number of benzene rings is 1. The van der Waals surface area contributed by atoms with Crippen LogP contribution in [0.2, 0.25) is 10.0 Å². The van der Waals surface area contributed by atoms with E-state index in [2.05, 4.69) is 5.32 Å². The quantitative estimate of drug-likeness (QED) is 0.484. The lowest BCUT2D eigenvalue weighted by Gasteiger charge is -2.20. The Hall–Kier alpha value is -1.53. The van der Waals surface area contributed by atoms with Crippen molar-refractivity contribution in [1.29, 1.82) is 0 Å². The van der Waals surface area contributed by atoms with Crippen molar-refractivity contribution in [2.75, 3.05) is 12.4 Å². The van der Waals surface area contributed by atoms with Crippen molar-refractivity contribution in [3.8, 4) is 0 Å². The van der Waals surface area contributed by atoms with E-state index in [1.165, 1.54) is 19.2 Å². The van der Waals surface area contributed by atoms with E-state index in [0.29, 0.717) is 6.42 Å². The highest BCUT2D eigenvalue weighted by Gasteiger charge is 2.23. The maximum Gasteiger partial charge on any atom is 0.328 e. The number of ether oxygens (including phenoxy) is 1. The topological polar surface area (TPSA) is 81.5 Å². The number of hydrogen-bond acceptors (Lipinski definition) is 5. The Morgan fingerprint density at radius 3 is 2.29 bits per heavy atom. The highest BCUT2D eigenvalue weighted by atomic mass is 35.5. The molecule has 1 aromatic rings. The number of halogens is 2. The minimum atomic E-state index is -0.633. The van der Waals surface area contributed by atoms with Gasteiger partial charge in [-0.2, -0.15) is 0 Å². The number of non-ortho nitro benzene ring substituents is 1. The summed E-state index contributed by atoms with van der Waals surface area (Å²) in [5.74, 6) is -0.216. The average molecular weight is 335 g/mol. The minimum absolute atomic E-state index is 0.0758. The average Bonchev–Trinajstić information content (AvgIpc) is 2.39. The van der Waals surface area contributed by atoms with Gasteiger partial charge in [0.05, 0.1) is 27.8 Å². The Labute approximate surface area is 132 Å². The van der Waals surface area contributed by atoms with Crippen molar-refractivity contribution in [3.05, 3.63) is 32.3 Å².